The molecule has 110 heavy (non-hydrogen) atoms. The number of benzene rings is 20. The molecule has 0 radical (unpaired) electrons. The Kier molecular flexibility index (Phi) is 20.7. The van der Waals surface area contributed by atoms with Crippen molar-refractivity contribution < 1.29 is 0 Å². The van der Waals surface area contributed by atoms with Gasteiger partial charge in [-0.05, 0) is 248 Å². The summed E-state index contributed by atoms with van der Waals surface area (Å²) in [5.74, 6) is 0. The molecule has 5 heteroatoms. The first-order valence-electron chi connectivity index (χ1n) is 37.7. The lowest BCUT2D eigenvalue weighted by molar-refractivity contribution is 1.46. The standard InChI is InChI=1S/5C21H17N/c1-15-10-12-18(13-11-15)22-21-19-8-4-2-6-16(19)14-17-7-3-5-9-20(17)21;1-15-9-12-17(13-10-15)22-21-8-4-7-19-18-6-3-2-5-16(18)11-14-20(19)21;1-15-6-11-18(12-7-15)22-19-13-10-17-9-8-16-4-2-3-5-20(16)21(17)14-19;1-15-6-10-18(11-7-15)22-19-12-13-21-17(14-19)9-8-16-4-2-3-5-20(16)21;1-15-6-9-20(10-7-15)22-21-11-8-18-12-16-4-2-3-5-17(16)13-19(18)14-21/h5*2-14,22H,1H3. The van der Waals surface area contributed by atoms with Gasteiger partial charge in [-0.25, -0.2) is 0 Å². The molecule has 0 atom stereocenters. The summed E-state index contributed by atoms with van der Waals surface area (Å²) < 4.78 is 0. The molecule has 0 aliphatic heterocycles. The van der Waals surface area contributed by atoms with Crippen molar-refractivity contribution in [2.24, 2.45) is 0 Å². The molecule has 20 aromatic carbocycles. The first-order chi connectivity index (χ1) is 54.0. The second kappa shape index (κ2) is 32.4. The fourth-order valence-electron chi connectivity index (χ4n) is 14.5. The molecule has 0 unspecified atom stereocenters. The van der Waals surface area contributed by atoms with Gasteiger partial charge in [0.2, 0.25) is 0 Å². The summed E-state index contributed by atoms with van der Waals surface area (Å²) in [6.07, 6.45) is 0. The Morgan fingerprint density at radius 2 is 0.400 bits per heavy atom. The Bertz CT molecular complexity index is 6480. The van der Waals surface area contributed by atoms with Gasteiger partial charge in [-0.15, -0.1) is 0 Å². The summed E-state index contributed by atoms with van der Waals surface area (Å²) in [5, 5.41) is 43.1. The zero-order chi connectivity index (χ0) is 74.7. The van der Waals surface area contributed by atoms with Crippen molar-refractivity contribution in [3.63, 3.8) is 0 Å². The van der Waals surface area contributed by atoms with E-state index in [0.717, 1.165) is 51.2 Å². The van der Waals surface area contributed by atoms with Gasteiger partial charge in [0.25, 0.3) is 0 Å². The Morgan fingerprint density at radius 1 is 0.136 bits per heavy atom. The Labute approximate surface area is 643 Å². The van der Waals surface area contributed by atoms with Gasteiger partial charge in [0, 0.05) is 67.3 Å². The normalized spacial score (nSPS) is 11.0. The predicted octanol–water partition coefficient (Wildman–Crippen LogP) is 30.2. The maximum Gasteiger partial charge on any atom is 0.0543 e. The summed E-state index contributed by atoms with van der Waals surface area (Å²) in [7, 11) is 0. The van der Waals surface area contributed by atoms with Crippen LogP contribution in [0.3, 0.4) is 0 Å². The largest absolute Gasteiger partial charge is 0.356 e. The minimum Gasteiger partial charge on any atom is -0.356 e. The van der Waals surface area contributed by atoms with Crippen LogP contribution >= 0.6 is 0 Å². The zero-order valence-electron chi connectivity index (χ0n) is 62.5. The minimum atomic E-state index is 1.12. The molecule has 0 aromatic heterocycles. The van der Waals surface area contributed by atoms with Gasteiger partial charge in [-0.2, -0.15) is 0 Å². The fraction of sp³-hybridized carbons (Fsp3) is 0.0476. The zero-order valence-corrected chi connectivity index (χ0v) is 62.5. The number of anilines is 10. The number of aryl methyl sites for hydroxylation is 5. The monoisotopic (exact) mass is 1420 g/mol. The Hall–Kier alpha value is -14.0. The SMILES string of the molecule is Cc1ccc(Nc2c3ccccc3cc3ccccc23)cc1.Cc1ccc(Nc2ccc3c(ccc4ccccc43)c2)cc1.Cc1ccc(Nc2ccc3cc4ccccc4cc3c2)cc1.Cc1ccc(Nc2ccc3ccc4ccccc4c3c2)cc1.Cc1ccc(Nc2cccc3c2ccc2ccccc23)cc1. The van der Waals surface area contributed by atoms with Crippen molar-refractivity contribution in [1.82, 2.24) is 0 Å². The number of hydrogen-bond donors (Lipinski definition) is 5. The van der Waals surface area contributed by atoms with Crippen molar-refractivity contribution in [3.05, 3.63) is 422 Å². The number of rotatable bonds is 10. The van der Waals surface area contributed by atoms with Crippen LogP contribution in [-0.2, 0) is 0 Å². The van der Waals surface area contributed by atoms with Crippen LogP contribution < -0.4 is 26.6 Å². The molecule has 5 nitrogen and oxygen atoms in total. The van der Waals surface area contributed by atoms with Crippen molar-refractivity contribution in [1.29, 1.82) is 0 Å². The molecular formula is C105H85N5. The van der Waals surface area contributed by atoms with Gasteiger partial charge in [0.15, 0.2) is 0 Å². The summed E-state index contributed by atoms with van der Waals surface area (Å²) >= 11 is 0. The quantitative estimate of drug-likeness (QED) is 0.0698. The highest BCUT2D eigenvalue weighted by molar-refractivity contribution is 6.14. The van der Waals surface area contributed by atoms with Crippen molar-refractivity contribution in [2.45, 2.75) is 34.6 Å². The van der Waals surface area contributed by atoms with Crippen LogP contribution in [0.25, 0.3) is 108 Å². The molecular weight excluding hydrogens is 1330 g/mol. The van der Waals surface area contributed by atoms with E-state index in [9.17, 15) is 0 Å². The Balaban J connectivity index is 0.000000104. The van der Waals surface area contributed by atoms with Crippen molar-refractivity contribution >= 4 is 165 Å². The van der Waals surface area contributed by atoms with Crippen molar-refractivity contribution in [3.8, 4) is 0 Å². The molecule has 530 valence electrons. The van der Waals surface area contributed by atoms with Crippen LogP contribution in [0.2, 0.25) is 0 Å². The molecule has 0 amide bonds. The van der Waals surface area contributed by atoms with E-state index in [4.69, 9.17) is 0 Å². The van der Waals surface area contributed by atoms with E-state index in [1.165, 1.54) is 141 Å². The van der Waals surface area contributed by atoms with Gasteiger partial charge in [0.1, 0.15) is 0 Å². The van der Waals surface area contributed by atoms with Crippen LogP contribution in [-0.4, -0.2) is 0 Å². The second-order valence-corrected chi connectivity index (χ2v) is 28.5. The molecule has 0 bridgehead atoms. The average molecular weight is 1420 g/mol. The van der Waals surface area contributed by atoms with E-state index in [1.54, 1.807) is 0 Å². The third-order valence-corrected chi connectivity index (χ3v) is 20.4. The first kappa shape index (κ1) is 70.3. The van der Waals surface area contributed by atoms with Crippen LogP contribution in [0.1, 0.15) is 27.8 Å². The highest BCUT2D eigenvalue weighted by atomic mass is 14.9. The molecule has 20 rings (SSSR count). The average Bonchev–Trinajstić information content (AvgIpc) is 0.809. The molecule has 0 spiro atoms. The lowest BCUT2D eigenvalue weighted by Crippen LogP contribution is -1.93. The highest BCUT2D eigenvalue weighted by Gasteiger charge is 2.11. The van der Waals surface area contributed by atoms with E-state index in [1.807, 2.05) is 0 Å². The van der Waals surface area contributed by atoms with Gasteiger partial charge >= 0.3 is 0 Å². The van der Waals surface area contributed by atoms with E-state index in [-0.39, 0.29) is 0 Å². The second-order valence-electron chi connectivity index (χ2n) is 28.5. The molecule has 5 N–H and O–H groups in total. The third-order valence-electron chi connectivity index (χ3n) is 20.4. The first-order valence-corrected chi connectivity index (χ1v) is 37.7. The number of fused-ring (bicyclic) bond motifs is 13. The molecule has 0 saturated carbocycles. The summed E-state index contributed by atoms with van der Waals surface area (Å²) in [6, 6.07) is 140. The fourth-order valence-corrected chi connectivity index (χ4v) is 14.5. The molecule has 0 fully saturated rings. The maximum absolute atomic E-state index is 3.62. The molecule has 0 heterocycles. The number of hydrogen-bond acceptors (Lipinski definition) is 5. The third kappa shape index (κ3) is 16.5. The lowest BCUT2D eigenvalue weighted by Gasteiger charge is -2.14. The van der Waals surface area contributed by atoms with Crippen LogP contribution in [0.4, 0.5) is 56.9 Å². The van der Waals surface area contributed by atoms with Gasteiger partial charge < -0.3 is 26.6 Å². The minimum absolute atomic E-state index is 1.12. The molecule has 20 aromatic rings. The molecule has 0 aliphatic rings. The van der Waals surface area contributed by atoms with E-state index >= 15 is 0 Å². The van der Waals surface area contributed by atoms with Crippen LogP contribution in [0.15, 0.2) is 394 Å². The topological polar surface area (TPSA) is 60.1 Å². The van der Waals surface area contributed by atoms with Crippen molar-refractivity contribution in [2.75, 3.05) is 26.6 Å². The van der Waals surface area contributed by atoms with E-state index in [0.29, 0.717) is 0 Å². The lowest BCUT2D eigenvalue weighted by atomic mass is 10.0. The van der Waals surface area contributed by atoms with E-state index < -0.39 is 0 Å². The van der Waals surface area contributed by atoms with Gasteiger partial charge in [-0.3, -0.25) is 0 Å². The highest BCUT2D eigenvalue weighted by Crippen LogP contribution is 2.38. The predicted molar refractivity (Wildman–Crippen MR) is 480 cm³/mol. The van der Waals surface area contributed by atoms with Gasteiger partial charge in [-0.1, -0.05) is 301 Å². The Morgan fingerprint density at radius 3 is 0.882 bits per heavy atom. The molecule has 0 aliphatic carbocycles. The summed E-state index contributed by atoms with van der Waals surface area (Å²) in [6.45, 7) is 10.5. The molecule has 0 saturated heterocycles. The summed E-state index contributed by atoms with van der Waals surface area (Å²) in [4.78, 5) is 0. The number of nitrogens with one attached hydrogen (secondary N) is 5. The smallest absolute Gasteiger partial charge is 0.0543 e. The van der Waals surface area contributed by atoms with Gasteiger partial charge in [0.05, 0.1) is 5.69 Å². The maximum atomic E-state index is 3.62. The van der Waals surface area contributed by atoms with Crippen LogP contribution in [0, 0.1) is 34.6 Å². The summed E-state index contributed by atoms with van der Waals surface area (Å²) in [5.41, 5.74) is 17.6. The van der Waals surface area contributed by atoms with Crippen LogP contribution in [0.5, 0.6) is 0 Å². The van der Waals surface area contributed by atoms with E-state index in [2.05, 4.69) is 456 Å².